The maximum atomic E-state index is 6.60. The minimum Gasteiger partial charge on any atom is -0.453 e. The van der Waals surface area contributed by atoms with Gasteiger partial charge in [0, 0.05) is 44.8 Å². The van der Waals surface area contributed by atoms with Gasteiger partial charge in [-0.2, -0.15) is 0 Å². The lowest BCUT2D eigenvalue weighted by molar-refractivity contribution is 0.476. The van der Waals surface area contributed by atoms with Crippen molar-refractivity contribution in [2.75, 3.05) is 9.80 Å². The quantitative estimate of drug-likeness (QED) is 0.149. The maximum Gasteiger partial charge on any atom is 0.161 e. The molecule has 348 valence electrons. The fraction of sp³-hybridized carbons (Fsp3) is 0. The minimum atomic E-state index is 0.557. The van der Waals surface area contributed by atoms with Crippen molar-refractivity contribution in [3.63, 3.8) is 0 Å². The fourth-order valence-corrected chi connectivity index (χ4v) is 10.2. The second kappa shape index (κ2) is 17.9. The Morgan fingerprint density at radius 3 is 0.797 bits per heavy atom. The van der Waals surface area contributed by atoms with E-state index < -0.39 is 0 Å². The summed E-state index contributed by atoms with van der Waals surface area (Å²) in [5.41, 5.74) is 14.1. The number of anilines is 6. The Kier molecular flexibility index (Phi) is 10.3. The molecule has 0 aliphatic carbocycles. The lowest BCUT2D eigenvalue weighted by atomic mass is 9.94. The van der Waals surface area contributed by atoms with Crippen molar-refractivity contribution in [1.82, 2.24) is 19.9 Å². The number of nitrogens with zero attached hydrogens (tertiary/aromatic N) is 6. The first kappa shape index (κ1) is 42.7. The zero-order valence-electron chi connectivity index (χ0n) is 39.7. The molecule has 0 amide bonds. The molecular formula is C66H42N6O2. The largest absolute Gasteiger partial charge is 0.453 e. The van der Waals surface area contributed by atoms with E-state index in [-0.39, 0.29) is 0 Å². The Balaban J connectivity index is 1.14. The molecule has 0 atom stereocenters. The topological polar surface area (TPSA) is 76.5 Å². The number of hydrogen-bond acceptors (Lipinski definition) is 8. The molecule has 0 spiro atoms. The number of aromatic nitrogens is 4. The molecule has 0 radical (unpaired) electrons. The van der Waals surface area contributed by atoms with Crippen LogP contribution in [0.1, 0.15) is 0 Å². The maximum absolute atomic E-state index is 6.60. The van der Waals surface area contributed by atoms with Gasteiger partial charge in [0.1, 0.15) is 0 Å². The third kappa shape index (κ3) is 7.57. The van der Waals surface area contributed by atoms with Gasteiger partial charge in [0.05, 0.1) is 45.5 Å². The third-order valence-corrected chi connectivity index (χ3v) is 13.6. The van der Waals surface area contributed by atoms with Crippen LogP contribution in [0, 0.1) is 0 Å². The number of para-hydroxylation sites is 8. The van der Waals surface area contributed by atoms with Crippen LogP contribution in [0.5, 0.6) is 23.0 Å². The van der Waals surface area contributed by atoms with Crippen molar-refractivity contribution in [3.05, 3.63) is 255 Å². The highest BCUT2D eigenvalue weighted by Gasteiger charge is 2.31. The molecule has 2 aromatic heterocycles. The van der Waals surface area contributed by atoms with E-state index in [0.717, 1.165) is 124 Å². The van der Waals surface area contributed by atoms with Gasteiger partial charge in [-0.05, 0) is 95.7 Å². The first-order valence-corrected chi connectivity index (χ1v) is 24.6. The van der Waals surface area contributed by atoms with Gasteiger partial charge in [0.2, 0.25) is 0 Å². The first-order valence-electron chi connectivity index (χ1n) is 24.6. The molecule has 8 nitrogen and oxygen atoms in total. The smallest absolute Gasteiger partial charge is 0.161 e. The normalized spacial score (nSPS) is 12.2. The molecule has 0 saturated carbocycles. The predicted octanol–water partition coefficient (Wildman–Crippen LogP) is 17.6. The number of rotatable bonds is 8. The summed E-state index contributed by atoms with van der Waals surface area (Å²) in [6, 6.07) is 87.1. The summed E-state index contributed by atoms with van der Waals surface area (Å²) in [6.45, 7) is 0. The van der Waals surface area contributed by atoms with Crippen LogP contribution in [0.2, 0.25) is 0 Å². The van der Waals surface area contributed by atoms with Crippen molar-refractivity contribution in [2.24, 2.45) is 0 Å². The van der Waals surface area contributed by atoms with Crippen LogP contribution in [-0.4, -0.2) is 19.9 Å². The monoisotopic (exact) mass is 950 g/mol. The van der Waals surface area contributed by atoms with Crippen molar-refractivity contribution in [2.45, 2.75) is 0 Å². The molecule has 0 N–H and O–H groups in total. The van der Waals surface area contributed by atoms with Crippen molar-refractivity contribution in [3.8, 4) is 90.8 Å². The van der Waals surface area contributed by atoms with Gasteiger partial charge in [0.25, 0.3) is 0 Å². The number of benzene rings is 10. The average Bonchev–Trinajstić information content (AvgIpc) is 3.48. The van der Waals surface area contributed by atoms with E-state index in [1.54, 1.807) is 0 Å². The van der Waals surface area contributed by atoms with E-state index >= 15 is 0 Å². The van der Waals surface area contributed by atoms with Crippen LogP contribution in [0.3, 0.4) is 0 Å². The molecule has 10 aromatic carbocycles. The fourth-order valence-electron chi connectivity index (χ4n) is 10.2. The van der Waals surface area contributed by atoms with Gasteiger partial charge in [-0.3, -0.25) is 0 Å². The molecule has 0 fully saturated rings. The Hall–Kier alpha value is -10.2. The van der Waals surface area contributed by atoms with Gasteiger partial charge in [0.15, 0.2) is 34.6 Å². The summed E-state index contributed by atoms with van der Waals surface area (Å²) in [5, 5.41) is 1.80. The Bertz CT molecular complexity index is 3620. The van der Waals surface area contributed by atoms with E-state index in [2.05, 4.69) is 119 Å². The Labute approximate surface area is 427 Å². The first-order chi connectivity index (χ1) is 36.7. The highest BCUT2D eigenvalue weighted by atomic mass is 16.5. The molecule has 4 heterocycles. The van der Waals surface area contributed by atoms with Crippen molar-refractivity contribution < 1.29 is 9.47 Å². The Morgan fingerprint density at radius 1 is 0.257 bits per heavy atom. The molecule has 2 aliphatic rings. The summed E-state index contributed by atoms with van der Waals surface area (Å²) in [6.07, 6.45) is 0. The SMILES string of the molecule is c1ccc(-c2cc(-c3ccccc3)nc(-c3cc(N4c5ccccc5Oc5ccccc54)cc4c(-c5nc(-c6ccccc6)cc(-c6ccccc6)n5)cc(N5c6ccccc6Oc6ccccc65)cc34)n2)cc1. The van der Waals surface area contributed by atoms with E-state index in [4.69, 9.17) is 29.4 Å². The standard InChI is InChI=1S/C66H42N6O2/c1-5-21-43(22-6-1)53-41-54(44-23-7-2-8-24-44)68-65(67-53)51-39-47(71-57-29-13-17-33-61(57)73-62-34-18-14-30-58(62)71)38-50-49(51)37-48(72-59-31-15-19-35-63(59)74-64-36-20-16-32-60(64)72)40-52(50)66-69-55(45-25-9-3-10-26-45)42-56(70-66)46-27-11-4-12-28-46/h1-42H. The summed E-state index contributed by atoms with van der Waals surface area (Å²) in [5.74, 6) is 4.09. The molecule has 0 saturated heterocycles. The van der Waals surface area contributed by atoms with Crippen LogP contribution in [0.25, 0.3) is 78.6 Å². The molecule has 0 unspecified atom stereocenters. The average molecular weight is 951 g/mol. The summed E-state index contributed by atoms with van der Waals surface area (Å²) < 4.78 is 13.2. The Morgan fingerprint density at radius 2 is 0.514 bits per heavy atom. The number of ether oxygens (including phenoxy) is 2. The van der Waals surface area contributed by atoms with Gasteiger partial charge < -0.3 is 19.3 Å². The molecule has 0 bridgehead atoms. The lowest BCUT2D eigenvalue weighted by Crippen LogP contribution is -2.17. The highest BCUT2D eigenvalue weighted by Crippen LogP contribution is 2.55. The summed E-state index contributed by atoms with van der Waals surface area (Å²) in [7, 11) is 0. The number of fused-ring (bicyclic) bond motifs is 5. The zero-order chi connectivity index (χ0) is 49.0. The highest BCUT2D eigenvalue weighted by molar-refractivity contribution is 6.09. The van der Waals surface area contributed by atoms with Gasteiger partial charge in [-0.25, -0.2) is 19.9 Å². The molecule has 2 aliphatic heterocycles. The van der Waals surface area contributed by atoms with Crippen LogP contribution in [-0.2, 0) is 0 Å². The van der Waals surface area contributed by atoms with Crippen LogP contribution >= 0.6 is 0 Å². The predicted molar refractivity (Wildman–Crippen MR) is 297 cm³/mol. The van der Waals surface area contributed by atoms with Gasteiger partial charge in [-0.1, -0.05) is 170 Å². The zero-order valence-corrected chi connectivity index (χ0v) is 39.7. The van der Waals surface area contributed by atoms with E-state index in [0.29, 0.717) is 11.6 Å². The van der Waals surface area contributed by atoms with E-state index in [1.807, 2.05) is 146 Å². The molecule has 14 rings (SSSR count). The second-order valence-corrected chi connectivity index (χ2v) is 18.2. The molecule has 8 heteroatoms. The van der Waals surface area contributed by atoms with Gasteiger partial charge >= 0.3 is 0 Å². The van der Waals surface area contributed by atoms with Crippen LogP contribution in [0.15, 0.2) is 255 Å². The van der Waals surface area contributed by atoms with Crippen LogP contribution in [0.4, 0.5) is 34.1 Å². The van der Waals surface area contributed by atoms with Crippen molar-refractivity contribution in [1.29, 1.82) is 0 Å². The van der Waals surface area contributed by atoms with Crippen LogP contribution < -0.4 is 19.3 Å². The van der Waals surface area contributed by atoms with Gasteiger partial charge in [-0.15, -0.1) is 0 Å². The molecule has 12 aromatic rings. The van der Waals surface area contributed by atoms with Crippen molar-refractivity contribution >= 4 is 44.9 Å². The second-order valence-electron chi connectivity index (χ2n) is 18.2. The summed E-state index contributed by atoms with van der Waals surface area (Å²) in [4.78, 5) is 26.7. The number of hydrogen-bond donors (Lipinski definition) is 0. The molecule has 74 heavy (non-hydrogen) atoms. The molecular weight excluding hydrogens is 909 g/mol. The third-order valence-electron chi connectivity index (χ3n) is 13.6. The van der Waals surface area contributed by atoms with E-state index in [1.165, 1.54) is 0 Å². The van der Waals surface area contributed by atoms with E-state index in [9.17, 15) is 0 Å². The summed E-state index contributed by atoms with van der Waals surface area (Å²) >= 11 is 0. The minimum absolute atomic E-state index is 0.557. The lowest BCUT2D eigenvalue weighted by Gasteiger charge is -2.34.